The highest BCUT2D eigenvalue weighted by molar-refractivity contribution is 5.89. The summed E-state index contributed by atoms with van der Waals surface area (Å²) >= 11 is 0. The second-order valence-electron chi connectivity index (χ2n) is 7.04. The van der Waals surface area contributed by atoms with Gasteiger partial charge in [-0.3, -0.25) is 4.90 Å². The van der Waals surface area contributed by atoms with E-state index in [1.54, 1.807) is 7.11 Å². The highest BCUT2D eigenvalue weighted by Gasteiger charge is 2.22. The van der Waals surface area contributed by atoms with E-state index in [9.17, 15) is 4.79 Å². The maximum Gasteiger partial charge on any atom is 0.319 e. The van der Waals surface area contributed by atoms with Crippen LogP contribution in [0, 0.1) is 0 Å². The number of anilines is 1. The molecule has 1 aliphatic rings. The van der Waals surface area contributed by atoms with Crippen LogP contribution in [0.25, 0.3) is 11.1 Å². The number of hydrogen-bond acceptors (Lipinski definition) is 4. The fourth-order valence-electron chi connectivity index (χ4n) is 3.26. The van der Waals surface area contributed by atoms with Gasteiger partial charge in [0.15, 0.2) is 0 Å². The van der Waals surface area contributed by atoms with E-state index in [0.717, 1.165) is 42.2 Å². The van der Waals surface area contributed by atoms with Crippen molar-refractivity contribution in [3.05, 3.63) is 48.5 Å². The van der Waals surface area contributed by atoms with Crippen LogP contribution in [0.5, 0.6) is 5.75 Å². The van der Waals surface area contributed by atoms with Crippen molar-refractivity contribution >= 4 is 11.7 Å². The number of likely N-dealkylation sites (N-methyl/N-ethyl adjacent to an activating group) is 2. The molecule has 2 N–H and O–H groups in total. The molecular formula is C21H28N4O2. The van der Waals surface area contributed by atoms with E-state index >= 15 is 0 Å². The van der Waals surface area contributed by atoms with Crippen molar-refractivity contribution in [2.45, 2.75) is 6.04 Å². The number of carbonyl (C=O) groups excluding carboxylic acids is 1. The van der Waals surface area contributed by atoms with Crippen molar-refractivity contribution in [2.75, 3.05) is 52.7 Å². The van der Waals surface area contributed by atoms with Gasteiger partial charge in [-0.1, -0.05) is 24.3 Å². The Morgan fingerprint density at radius 3 is 2.63 bits per heavy atom. The summed E-state index contributed by atoms with van der Waals surface area (Å²) in [5.41, 5.74) is 2.93. The van der Waals surface area contributed by atoms with Crippen LogP contribution in [0.3, 0.4) is 0 Å². The fourth-order valence-corrected chi connectivity index (χ4v) is 3.26. The van der Waals surface area contributed by atoms with E-state index in [1.165, 1.54) is 0 Å². The van der Waals surface area contributed by atoms with E-state index in [0.29, 0.717) is 12.6 Å². The summed E-state index contributed by atoms with van der Waals surface area (Å²) in [6, 6.07) is 15.9. The van der Waals surface area contributed by atoms with Crippen LogP contribution in [-0.4, -0.2) is 69.3 Å². The molecule has 0 radical (unpaired) electrons. The number of piperazine rings is 1. The van der Waals surface area contributed by atoms with Gasteiger partial charge in [-0.05, 0) is 49.5 Å². The van der Waals surface area contributed by atoms with E-state index in [-0.39, 0.29) is 6.03 Å². The maximum absolute atomic E-state index is 12.2. The smallest absolute Gasteiger partial charge is 0.319 e. The molecule has 2 aromatic carbocycles. The lowest BCUT2D eigenvalue weighted by atomic mass is 10.1. The Bertz CT molecular complexity index is 763. The summed E-state index contributed by atoms with van der Waals surface area (Å²) in [5.74, 6) is 0.826. The Kier molecular flexibility index (Phi) is 6.32. The first-order valence-corrected chi connectivity index (χ1v) is 9.23. The standard InChI is InChI=1S/C21H28N4O2/c1-24-11-12-25(2)19(15-24)14-22-21(26)23-18-9-7-16(8-10-18)17-5-4-6-20(13-17)27-3/h4-10,13,19H,11-12,14-15H2,1-3H3,(H2,22,23,26)/t19-/m1/s1. The van der Waals surface area contributed by atoms with Crippen molar-refractivity contribution in [2.24, 2.45) is 0 Å². The number of carbonyl (C=O) groups is 1. The fraction of sp³-hybridized carbons (Fsp3) is 0.381. The quantitative estimate of drug-likeness (QED) is 0.852. The minimum atomic E-state index is -0.175. The molecule has 0 saturated carbocycles. The number of urea groups is 1. The zero-order valence-electron chi connectivity index (χ0n) is 16.2. The minimum absolute atomic E-state index is 0.175. The Morgan fingerprint density at radius 1 is 1.11 bits per heavy atom. The topological polar surface area (TPSA) is 56.8 Å². The third-order valence-electron chi connectivity index (χ3n) is 5.02. The van der Waals surface area contributed by atoms with Crippen LogP contribution in [0.1, 0.15) is 0 Å². The highest BCUT2D eigenvalue weighted by Crippen LogP contribution is 2.25. The molecule has 0 spiro atoms. The average Bonchev–Trinajstić information content (AvgIpc) is 2.69. The van der Waals surface area contributed by atoms with Crippen molar-refractivity contribution in [3.63, 3.8) is 0 Å². The molecule has 6 heteroatoms. The van der Waals surface area contributed by atoms with Gasteiger partial charge in [0.25, 0.3) is 0 Å². The normalized spacial score (nSPS) is 18.1. The Morgan fingerprint density at radius 2 is 1.89 bits per heavy atom. The number of ether oxygens (including phenoxy) is 1. The van der Waals surface area contributed by atoms with Crippen LogP contribution >= 0.6 is 0 Å². The largest absolute Gasteiger partial charge is 0.497 e. The average molecular weight is 368 g/mol. The van der Waals surface area contributed by atoms with E-state index in [2.05, 4.69) is 34.5 Å². The number of nitrogens with zero attached hydrogens (tertiary/aromatic N) is 2. The summed E-state index contributed by atoms with van der Waals surface area (Å²) in [6.45, 7) is 3.69. The lowest BCUT2D eigenvalue weighted by molar-refractivity contribution is 0.115. The molecule has 0 bridgehead atoms. The van der Waals surface area contributed by atoms with Gasteiger partial charge in [0.05, 0.1) is 7.11 Å². The SMILES string of the molecule is COc1cccc(-c2ccc(NC(=O)NC[C@@H]3CN(C)CCN3C)cc2)c1. The molecule has 1 heterocycles. The molecule has 0 aromatic heterocycles. The molecular weight excluding hydrogens is 340 g/mol. The molecule has 3 rings (SSSR count). The summed E-state index contributed by atoms with van der Waals surface area (Å²) in [7, 11) is 5.88. The monoisotopic (exact) mass is 368 g/mol. The van der Waals surface area contributed by atoms with Gasteiger partial charge in [-0.25, -0.2) is 4.79 Å². The molecule has 1 saturated heterocycles. The first-order valence-electron chi connectivity index (χ1n) is 9.23. The van der Waals surface area contributed by atoms with E-state index in [4.69, 9.17) is 4.74 Å². The second-order valence-corrected chi connectivity index (χ2v) is 7.04. The van der Waals surface area contributed by atoms with Crippen molar-refractivity contribution < 1.29 is 9.53 Å². The van der Waals surface area contributed by atoms with Gasteiger partial charge in [0.2, 0.25) is 0 Å². The van der Waals surface area contributed by atoms with Crippen LogP contribution in [-0.2, 0) is 0 Å². The third-order valence-corrected chi connectivity index (χ3v) is 5.02. The van der Waals surface area contributed by atoms with Gasteiger partial charge in [0.1, 0.15) is 5.75 Å². The summed E-state index contributed by atoms with van der Waals surface area (Å²) < 4.78 is 5.27. The molecule has 0 aliphatic carbocycles. The molecule has 1 atom stereocenters. The number of benzene rings is 2. The molecule has 2 amide bonds. The molecule has 6 nitrogen and oxygen atoms in total. The number of rotatable bonds is 5. The zero-order chi connectivity index (χ0) is 19.2. The Labute approximate surface area is 161 Å². The van der Waals surface area contributed by atoms with Gasteiger partial charge >= 0.3 is 6.03 Å². The van der Waals surface area contributed by atoms with E-state index < -0.39 is 0 Å². The van der Waals surface area contributed by atoms with Crippen molar-refractivity contribution in [1.29, 1.82) is 0 Å². The lowest BCUT2D eigenvalue weighted by Crippen LogP contribution is -2.54. The first kappa shape index (κ1) is 19.2. The maximum atomic E-state index is 12.2. The number of hydrogen-bond donors (Lipinski definition) is 2. The predicted octanol–water partition coefficient (Wildman–Crippen LogP) is 2.73. The lowest BCUT2D eigenvalue weighted by Gasteiger charge is -2.37. The zero-order valence-corrected chi connectivity index (χ0v) is 16.2. The molecule has 1 fully saturated rings. The van der Waals surface area contributed by atoms with Crippen LogP contribution < -0.4 is 15.4 Å². The third kappa shape index (κ3) is 5.21. The molecule has 144 valence electrons. The van der Waals surface area contributed by atoms with E-state index in [1.807, 2.05) is 48.5 Å². The minimum Gasteiger partial charge on any atom is -0.497 e. The van der Waals surface area contributed by atoms with Crippen LogP contribution in [0.2, 0.25) is 0 Å². The summed E-state index contributed by atoms with van der Waals surface area (Å²) in [6.07, 6.45) is 0. The van der Waals surface area contributed by atoms with Gasteiger partial charge in [-0.15, -0.1) is 0 Å². The predicted molar refractivity (Wildman–Crippen MR) is 109 cm³/mol. The van der Waals surface area contributed by atoms with Crippen LogP contribution in [0.15, 0.2) is 48.5 Å². The number of methoxy groups -OCH3 is 1. The molecule has 1 aliphatic heterocycles. The molecule has 27 heavy (non-hydrogen) atoms. The van der Waals surface area contributed by atoms with Crippen molar-refractivity contribution in [3.8, 4) is 16.9 Å². The summed E-state index contributed by atoms with van der Waals surface area (Å²) in [5, 5.41) is 5.88. The second kappa shape index (κ2) is 8.88. The van der Waals surface area contributed by atoms with Crippen LogP contribution in [0.4, 0.5) is 10.5 Å². The van der Waals surface area contributed by atoms with Gasteiger partial charge in [-0.2, -0.15) is 0 Å². The Hall–Kier alpha value is -2.57. The highest BCUT2D eigenvalue weighted by atomic mass is 16.5. The van der Waals surface area contributed by atoms with Gasteiger partial charge in [0, 0.05) is 37.9 Å². The Balaban J connectivity index is 1.54. The summed E-state index contributed by atoms with van der Waals surface area (Å²) in [4.78, 5) is 16.8. The molecule has 0 unspecified atom stereocenters. The first-order chi connectivity index (χ1) is 13.0. The number of nitrogens with one attached hydrogen (secondary N) is 2. The van der Waals surface area contributed by atoms with Gasteiger partial charge < -0.3 is 20.3 Å². The molecule has 2 aromatic rings. The number of amides is 2. The van der Waals surface area contributed by atoms with Crippen molar-refractivity contribution in [1.82, 2.24) is 15.1 Å².